The third kappa shape index (κ3) is 4.75. The molecule has 0 spiro atoms. The van der Waals surface area contributed by atoms with E-state index in [1.54, 1.807) is 4.90 Å². The van der Waals surface area contributed by atoms with Gasteiger partial charge in [0.25, 0.3) is 0 Å². The Morgan fingerprint density at radius 2 is 1.94 bits per heavy atom. The maximum absolute atomic E-state index is 11.9. The van der Waals surface area contributed by atoms with Gasteiger partial charge in [-0.3, -0.25) is 4.90 Å². The van der Waals surface area contributed by atoms with Gasteiger partial charge in [-0.05, 0) is 32.0 Å². The van der Waals surface area contributed by atoms with E-state index in [2.05, 4.69) is 12.2 Å². The van der Waals surface area contributed by atoms with Crippen LogP contribution in [0.4, 0.5) is 10.5 Å². The fraction of sp³-hybridized carbons (Fsp3) is 0.500. The second-order valence-electron chi connectivity index (χ2n) is 3.94. The molecule has 0 atom stereocenters. The zero-order valence-corrected chi connectivity index (χ0v) is 11.2. The van der Waals surface area contributed by atoms with Crippen molar-refractivity contribution in [3.05, 3.63) is 30.3 Å². The minimum atomic E-state index is -0.290. The number of carbonyl (C=O) groups excluding carboxylic acids is 1. The van der Waals surface area contributed by atoms with Gasteiger partial charge in [0.2, 0.25) is 0 Å². The van der Waals surface area contributed by atoms with E-state index in [-0.39, 0.29) is 6.09 Å². The number of para-hydroxylation sites is 1. The van der Waals surface area contributed by atoms with Crippen LogP contribution in [0.15, 0.2) is 30.3 Å². The van der Waals surface area contributed by atoms with Gasteiger partial charge >= 0.3 is 6.09 Å². The standard InChI is InChI=1S/C14H22N2O2/c1-3-10-15-11-12-16(14(17)18-4-2)13-8-6-5-7-9-13/h5-9,15H,3-4,10-12H2,1-2H3. The van der Waals surface area contributed by atoms with E-state index >= 15 is 0 Å². The Morgan fingerprint density at radius 3 is 2.56 bits per heavy atom. The zero-order chi connectivity index (χ0) is 13.2. The lowest BCUT2D eigenvalue weighted by Crippen LogP contribution is -2.37. The summed E-state index contributed by atoms with van der Waals surface area (Å²) in [7, 11) is 0. The Labute approximate surface area is 109 Å². The predicted molar refractivity (Wildman–Crippen MR) is 74.0 cm³/mol. The van der Waals surface area contributed by atoms with Crippen LogP contribution in [0.25, 0.3) is 0 Å². The molecule has 0 aliphatic heterocycles. The van der Waals surface area contributed by atoms with Gasteiger partial charge in [-0.1, -0.05) is 25.1 Å². The first-order chi connectivity index (χ1) is 8.79. The highest BCUT2D eigenvalue weighted by Gasteiger charge is 2.15. The van der Waals surface area contributed by atoms with Gasteiger partial charge in [-0.2, -0.15) is 0 Å². The first-order valence-electron chi connectivity index (χ1n) is 6.49. The van der Waals surface area contributed by atoms with E-state index < -0.39 is 0 Å². The number of rotatable bonds is 7. The maximum Gasteiger partial charge on any atom is 0.414 e. The average molecular weight is 250 g/mol. The summed E-state index contributed by atoms with van der Waals surface area (Å²) in [4.78, 5) is 13.5. The second-order valence-corrected chi connectivity index (χ2v) is 3.94. The third-order valence-corrected chi connectivity index (χ3v) is 2.50. The molecule has 100 valence electrons. The van der Waals surface area contributed by atoms with Crippen molar-refractivity contribution in [2.45, 2.75) is 20.3 Å². The van der Waals surface area contributed by atoms with Gasteiger partial charge in [0, 0.05) is 18.8 Å². The number of amides is 1. The van der Waals surface area contributed by atoms with Crippen LogP contribution in [0.2, 0.25) is 0 Å². The van der Waals surface area contributed by atoms with Gasteiger partial charge in [0.15, 0.2) is 0 Å². The van der Waals surface area contributed by atoms with Crippen molar-refractivity contribution < 1.29 is 9.53 Å². The molecule has 0 heterocycles. The summed E-state index contributed by atoms with van der Waals surface area (Å²) in [5, 5.41) is 3.28. The Kier molecular flexibility index (Phi) is 6.87. The van der Waals surface area contributed by atoms with Gasteiger partial charge in [-0.15, -0.1) is 0 Å². The van der Waals surface area contributed by atoms with Crippen molar-refractivity contribution in [2.75, 3.05) is 31.1 Å². The summed E-state index contributed by atoms with van der Waals surface area (Å²) < 4.78 is 5.07. The largest absolute Gasteiger partial charge is 0.449 e. The number of nitrogens with zero attached hydrogens (tertiary/aromatic N) is 1. The van der Waals surface area contributed by atoms with E-state index in [0.29, 0.717) is 13.2 Å². The number of anilines is 1. The molecule has 0 aliphatic carbocycles. The molecule has 0 aliphatic rings. The number of nitrogens with one attached hydrogen (secondary N) is 1. The molecular formula is C14H22N2O2. The quantitative estimate of drug-likeness (QED) is 0.756. The summed E-state index contributed by atoms with van der Waals surface area (Å²) in [5.41, 5.74) is 0.870. The molecule has 0 saturated carbocycles. The lowest BCUT2D eigenvalue weighted by molar-refractivity contribution is 0.160. The molecule has 1 aromatic rings. The number of benzene rings is 1. The molecule has 0 saturated heterocycles. The Balaban J connectivity index is 2.61. The van der Waals surface area contributed by atoms with Crippen molar-refractivity contribution in [3.63, 3.8) is 0 Å². The van der Waals surface area contributed by atoms with Gasteiger partial charge < -0.3 is 10.1 Å². The number of hydrogen-bond donors (Lipinski definition) is 1. The number of carbonyl (C=O) groups is 1. The molecule has 1 amide bonds. The molecule has 1 N–H and O–H groups in total. The lowest BCUT2D eigenvalue weighted by atomic mass is 10.3. The maximum atomic E-state index is 11.9. The van der Waals surface area contributed by atoms with Crippen LogP contribution in [-0.4, -0.2) is 32.3 Å². The molecule has 0 unspecified atom stereocenters. The SMILES string of the molecule is CCCNCCN(C(=O)OCC)c1ccccc1. The summed E-state index contributed by atoms with van der Waals surface area (Å²) >= 11 is 0. The molecule has 1 aromatic carbocycles. The van der Waals surface area contributed by atoms with E-state index in [1.165, 1.54) is 0 Å². The van der Waals surface area contributed by atoms with Crippen LogP contribution in [0, 0.1) is 0 Å². The minimum Gasteiger partial charge on any atom is -0.449 e. The van der Waals surface area contributed by atoms with Crippen LogP contribution < -0.4 is 10.2 Å². The van der Waals surface area contributed by atoms with E-state index in [4.69, 9.17) is 4.74 Å². The van der Waals surface area contributed by atoms with E-state index in [9.17, 15) is 4.79 Å². The summed E-state index contributed by atoms with van der Waals surface area (Å²) in [6, 6.07) is 9.59. The van der Waals surface area contributed by atoms with Crippen LogP contribution in [0.3, 0.4) is 0 Å². The van der Waals surface area contributed by atoms with Gasteiger partial charge in [0.05, 0.1) is 6.61 Å². The van der Waals surface area contributed by atoms with E-state index in [1.807, 2.05) is 37.3 Å². The summed E-state index contributed by atoms with van der Waals surface area (Å²) in [6.45, 7) is 6.67. The predicted octanol–water partition coefficient (Wildman–Crippen LogP) is 2.65. The smallest absolute Gasteiger partial charge is 0.414 e. The molecule has 1 rings (SSSR count). The molecule has 4 heteroatoms. The zero-order valence-electron chi connectivity index (χ0n) is 11.2. The van der Waals surface area contributed by atoms with E-state index in [0.717, 1.165) is 25.2 Å². The van der Waals surface area contributed by atoms with Crippen LogP contribution in [0.5, 0.6) is 0 Å². The first-order valence-corrected chi connectivity index (χ1v) is 6.49. The highest BCUT2D eigenvalue weighted by Crippen LogP contribution is 2.13. The normalized spacial score (nSPS) is 10.1. The van der Waals surface area contributed by atoms with Crippen molar-refractivity contribution in [2.24, 2.45) is 0 Å². The number of ether oxygens (including phenoxy) is 1. The van der Waals surface area contributed by atoms with Crippen LogP contribution >= 0.6 is 0 Å². The first kappa shape index (κ1) is 14.5. The molecule has 0 bridgehead atoms. The van der Waals surface area contributed by atoms with Crippen molar-refractivity contribution in [3.8, 4) is 0 Å². The van der Waals surface area contributed by atoms with Crippen LogP contribution in [0.1, 0.15) is 20.3 Å². The highest BCUT2D eigenvalue weighted by atomic mass is 16.6. The second kappa shape index (κ2) is 8.53. The minimum absolute atomic E-state index is 0.290. The fourth-order valence-corrected chi connectivity index (χ4v) is 1.63. The molecule has 0 radical (unpaired) electrons. The van der Waals surface area contributed by atoms with Crippen molar-refractivity contribution >= 4 is 11.8 Å². The van der Waals surface area contributed by atoms with Gasteiger partial charge in [0.1, 0.15) is 0 Å². The molecule has 18 heavy (non-hydrogen) atoms. The molecular weight excluding hydrogens is 228 g/mol. The average Bonchev–Trinajstić information content (AvgIpc) is 2.40. The topological polar surface area (TPSA) is 41.6 Å². The molecule has 4 nitrogen and oxygen atoms in total. The highest BCUT2D eigenvalue weighted by molar-refractivity contribution is 5.87. The summed E-state index contributed by atoms with van der Waals surface area (Å²) in [6.07, 6.45) is 0.798. The van der Waals surface area contributed by atoms with Crippen molar-refractivity contribution in [1.82, 2.24) is 5.32 Å². The fourth-order valence-electron chi connectivity index (χ4n) is 1.63. The monoisotopic (exact) mass is 250 g/mol. The Hall–Kier alpha value is -1.55. The summed E-state index contributed by atoms with van der Waals surface area (Å²) in [5.74, 6) is 0. The Bertz CT molecular complexity index is 341. The molecule has 0 aromatic heterocycles. The van der Waals surface area contributed by atoms with Crippen molar-refractivity contribution in [1.29, 1.82) is 0 Å². The van der Waals surface area contributed by atoms with Crippen LogP contribution in [-0.2, 0) is 4.74 Å². The Morgan fingerprint density at radius 1 is 1.22 bits per heavy atom. The van der Waals surface area contributed by atoms with Gasteiger partial charge in [-0.25, -0.2) is 4.79 Å². The third-order valence-electron chi connectivity index (χ3n) is 2.50. The number of hydrogen-bond acceptors (Lipinski definition) is 3. The molecule has 0 fully saturated rings. The lowest BCUT2D eigenvalue weighted by Gasteiger charge is -2.22.